The number of methoxy groups -OCH3 is 4. The minimum atomic E-state index is -3.81. The first-order valence-electron chi connectivity index (χ1n) is 24.0. The van der Waals surface area contributed by atoms with Gasteiger partial charge in [0, 0.05) is 90.7 Å². The van der Waals surface area contributed by atoms with Gasteiger partial charge in [0.2, 0.25) is 15.0 Å². The van der Waals surface area contributed by atoms with E-state index in [9.17, 15) is 18.9 Å². The molecule has 0 fully saturated rings. The minimum absolute atomic E-state index is 0.0413. The van der Waals surface area contributed by atoms with E-state index in [2.05, 4.69) is 87.9 Å². The van der Waals surface area contributed by atoms with E-state index in [1.54, 1.807) is 49.4 Å². The van der Waals surface area contributed by atoms with Crippen molar-refractivity contribution >= 4 is 95.6 Å². The molecule has 0 N–H and O–H groups in total. The molecule has 2 aromatic carbocycles. The molecule has 0 unspecified atom stereocenters. The molecular formula is C51H70Cl2N8O10S3Si2. The number of nitrogens with zero attached hydrogens (tertiary/aromatic N) is 8. The van der Waals surface area contributed by atoms with E-state index in [4.69, 9.17) is 71.1 Å². The monoisotopic (exact) mass is 1180 g/mol. The number of aromatic nitrogens is 6. The Bertz CT molecular complexity index is 3130. The van der Waals surface area contributed by atoms with Crippen LogP contribution < -0.4 is 18.9 Å². The quantitative estimate of drug-likeness (QED) is 0.0157. The summed E-state index contributed by atoms with van der Waals surface area (Å²) in [4.78, 5) is 18.3. The van der Waals surface area contributed by atoms with Crippen molar-refractivity contribution in [1.82, 2.24) is 29.1 Å². The maximum Gasteiger partial charge on any atom is 0.249 e. The van der Waals surface area contributed by atoms with Gasteiger partial charge in [-0.15, -0.1) is 0 Å². The molecule has 0 spiro atoms. The van der Waals surface area contributed by atoms with E-state index in [0.29, 0.717) is 97.2 Å². The summed E-state index contributed by atoms with van der Waals surface area (Å²) in [7, 11) is -0.308. The number of rotatable bonds is 23. The van der Waals surface area contributed by atoms with Crippen LogP contribution in [0.3, 0.4) is 0 Å². The molecule has 0 amide bonds. The Kier molecular flexibility index (Phi) is 24.2. The van der Waals surface area contributed by atoms with Gasteiger partial charge in [-0.3, -0.25) is 0 Å². The number of halogens is 2. The summed E-state index contributed by atoms with van der Waals surface area (Å²) < 4.78 is 72.5. The number of nitriles is 2. The lowest BCUT2D eigenvalue weighted by molar-refractivity contribution is 0.0490. The SMILES string of the molecule is CC(C)S.COCOc1cc(-c2nc(S(C)(=O)=O)nc3c2c(C#N)cn3COCC[Si](C)(C)C)c(Cl)cc1OC.COCOc1cc(-c2nc(SC(C)C)nc3c2c(C#N)cn3COCC[Si](C)(C)C)c(Cl)cc1OC. The van der Waals surface area contributed by atoms with Gasteiger partial charge in [0.1, 0.15) is 36.9 Å². The molecule has 0 radical (unpaired) electrons. The van der Waals surface area contributed by atoms with Crippen LogP contribution in [0.25, 0.3) is 44.6 Å². The first-order chi connectivity index (χ1) is 35.7. The normalized spacial score (nSPS) is 11.8. The van der Waals surface area contributed by atoms with Crippen LogP contribution in [-0.4, -0.2) is 126 Å². The van der Waals surface area contributed by atoms with Gasteiger partial charge in [-0.05, 0) is 29.5 Å². The molecule has 0 saturated heterocycles. The highest BCUT2D eigenvalue weighted by Gasteiger charge is 2.27. The number of sulfone groups is 1. The van der Waals surface area contributed by atoms with Crippen molar-refractivity contribution in [3.8, 4) is 57.7 Å². The van der Waals surface area contributed by atoms with Gasteiger partial charge in [0.25, 0.3) is 0 Å². The molecule has 4 heterocycles. The highest BCUT2D eigenvalue weighted by molar-refractivity contribution is 7.99. The van der Waals surface area contributed by atoms with Crippen LogP contribution in [0.1, 0.15) is 38.8 Å². The first kappa shape index (κ1) is 63.9. The third-order valence-electron chi connectivity index (χ3n) is 10.4. The largest absolute Gasteiger partial charge is 0.493 e. The maximum atomic E-state index is 12.5. The van der Waals surface area contributed by atoms with Crippen molar-refractivity contribution in [1.29, 1.82) is 10.5 Å². The van der Waals surface area contributed by atoms with Crippen LogP contribution in [0.5, 0.6) is 23.0 Å². The summed E-state index contributed by atoms with van der Waals surface area (Å²) in [6, 6.07) is 13.0. The van der Waals surface area contributed by atoms with E-state index in [-0.39, 0.29) is 47.5 Å². The van der Waals surface area contributed by atoms with Gasteiger partial charge >= 0.3 is 0 Å². The van der Waals surface area contributed by atoms with E-state index in [1.165, 1.54) is 32.0 Å². The fourth-order valence-electron chi connectivity index (χ4n) is 6.82. The smallest absolute Gasteiger partial charge is 0.249 e. The number of fused-ring (bicyclic) bond motifs is 2. The fraction of sp³-hybridized carbons (Fsp3) is 0.490. The predicted octanol–water partition coefficient (Wildman–Crippen LogP) is 12.1. The molecule has 6 aromatic rings. The van der Waals surface area contributed by atoms with Crippen molar-refractivity contribution < 1.29 is 46.3 Å². The van der Waals surface area contributed by atoms with Crippen LogP contribution in [-0.2, 0) is 42.2 Å². The summed E-state index contributed by atoms with van der Waals surface area (Å²) in [5, 5.41) is 22.4. The lowest BCUT2D eigenvalue weighted by Crippen LogP contribution is -2.22. The molecule has 0 aliphatic heterocycles. The van der Waals surface area contributed by atoms with Crippen LogP contribution in [0.15, 0.2) is 47.0 Å². The van der Waals surface area contributed by atoms with Crippen molar-refractivity contribution in [2.75, 3.05) is 61.5 Å². The van der Waals surface area contributed by atoms with Crippen molar-refractivity contribution in [3.05, 3.63) is 57.8 Å². The molecule has 0 atom stereocenters. The van der Waals surface area contributed by atoms with Gasteiger partial charge in [-0.1, -0.05) is 102 Å². The lowest BCUT2D eigenvalue weighted by Gasteiger charge is -2.16. The zero-order chi connectivity index (χ0) is 56.7. The summed E-state index contributed by atoms with van der Waals surface area (Å²) in [6.45, 7) is 23.5. The average molecular weight is 1180 g/mol. The third-order valence-corrected chi connectivity index (χ3v) is 16.2. The van der Waals surface area contributed by atoms with E-state index < -0.39 is 31.1 Å². The number of thiol groups is 1. The first-order valence-corrected chi connectivity index (χ1v) is 35.5. The molecule has 0 aliphatic carbocycles. The third kappa shape index (κ3) is 18.2. The molecule has 0 bridgehead atoms. The Labute approximate surface area is 469 Å². The van der Waals surface area contributed by atoms with Gasteiger partial charge < -0.3 is 47.0 Å². The van der Waals surface area contributed by atoms with Crippen molar-refractivity contribution in [2.24, 2.45) is 0 Å². The lowest BCUT2D eigenvalue weighted by atomic mass is 10.1. The fourth-order valence-corrected chi connectivity index (χ4v) is 10.0. The second-order valence-corrected chi connectivity index (χ2v) is 36.7. The van der Waals surface area contributed by atoms with Gasteiger partial charge in [-0.2, -0.15) is 28.1 Å². The van der Waals surface area contributed by atoms with Crippen molar-refractivity contribution in [2.45, 2.75) is 113 Å². The number of thioether (sulfide) groups is 1. The molecule has 76 heavy (non-hydrogen) atoms. The zero-order valence-corrected chi connectivity index (χ0v) is 52.0. The maximum absolute atomic E-state index is 12.5. The number of ether oxygens (including phenoxy) is 8. The van der Waals surface area contributed by atoms with E-state index in [1.807, 2.05) is 18.4 Å². The van der Waals surface area contributed by atoms with Gasteiger partial charge in [0.15, 0.2) is 41.7 Å². The Hall–Kier alpha value is -4.64. The molecule has 18 nitrogen and oxygen atoms in total. The summed E-state index contributed by atoms with van der Waals surface area (Å²) in [6.07, 6.45) is 4.35. The summed E-state index contributed by atoms with van der Waals surface area (Å²) in [5.74, 6) is 1.58. The standard InChI is InChI=1S/C25H33ClN4O4SSi.C23H29ClN4O6SSi.C3H8S/c1-16(2)35-25-28-23(18-10-21(34-15-31-3)20(32-4)11-19(18)26)22-17(12-27)13-30(24(22)29-25)14-33-8-9-36(5,6)7;1-31-14-34-19-9-16(17(24)10-18(19)32-2)21-20-15(11-25)12-28(13-33-7-8-36(4,5)6)22(20)27-23(26-21)35(3,29)30;1-3(2)4/h10-11,13,16H,8-9,14-15H2,1-7H3;9-10,12H,7-8,13-14H2,1-6H3;3-4H,1-2H3. The second kappa shape index (κ2) is 28.8. The summed E-state index contributed by atoms with van der Waals surface area (Å²) >= 11 is 18.8. The van der Waals surface area contributed by atoms with E-state index >= 15 is 0 Å². The Morgan fingerprint density at radius 3 is 1.43 bits per heavy atom. The molecule has 4 aromatic heterocycles. The predicted molar refractivity (Wildman–Crippen MR) is 310 cm³/mol. The highest BCUT2D eigenvalue weighted by Crippen LogP contribution is 2.43. The van der Waals surface area contributed by atoms with Crippen LogP contribution in [0.4, 0.5) is 0 Å². The molecule has 6 rings (SSSR count). The van der Waals surface area contributed by atoms with Crippen molar-refractivity contribution in [3.63, 3.8) is 0 Å². The average Bonchev–Trinajstić information content (AvgIpc) is 3.89. The topological polar surface area (TPSA) is 217 Å². The number of hydrogen-bond acceptors (Lipinski definition) is 18. The Morgan fingerprint density at radius 1 is 0.671 bits per heavy atom. The molecular weight excluding hydrogens is 1110 g/mol. The molecule has 0 saturated carbocycles. The number of hydrogen-bond donors (Lipinski definition) is 1. The van der Waals surface area contributed by atoms with Gasteiger partial charge in [-0.25, -0.2) is 23.4 Å². The Balaban J connectivity index is 0.000000307. The van der Waals surface area contributed by atoms with Crippen LogP contribution in [0.2, 0.25) is 61.4 Å². The summed E-state index contributed by atoms with van der Waals surface area (Å²) in [5.41, 5.74) is 3.24. The zero-order valence-electron chi connectivity index (χ0n) is 46.0. The number of benzene rings is 2. The van der Waals surface area contributed by atoms with E-state index in [0.717, 1.165) is 18.3 Å². The highest BCUT2D eigenvalue weighted by atomic mass is 35.5. The van der Waals surface area contributed by atoms with Crippen LogP contribution >= 0.6 is 47.6 Å². The minimum Gasteiger partial charge on any atom is -0.493 e. The Morgan fingerprint density at radius 2 is 1.08 bits per heavy atom. The molecule has 25 heteroatoms. The van der Waals surface area contributed by atoms with Gasteiger partial charge in [0.05, 0.1) is 57.6 Å². The second-order valence-electron chi connectivity index (χ2n) is 20.2. The molecule has 0 aliphatic rings. The molecule has 414 valence electrons. The van der Waals surface area contributed by atoms with Crippen LogP contribution in [0, 0.1) is 22.7 Å².